The Hall–Kier alpha value is -4.33. The summed E-state index contributed by atoms with van der Waals surface area (Å²) < 4.78 is 19.0. The molecule has 0 spiro atoms. The first-order chi connectivity index (χ1) is 19.3. The van der Waals surface area contributed by atoms with Crippen LogP contribution in [0.2, 0.25) is 0 Å². The van der Waals surface area contributed by atoms with Crippen LogP contribution in [0.15, 0.2) is 101 Å². The van der Waals surface area contributed by atoms with E-state index < -0.39 is 18.3 Å². The maximum atomic E-state index is 6.35. The van der Waals surface area contributed by atoms with E-state index >= 15 is 0 Å². The number of nitrogens with zero attached hydrogens (tertiary/aromatic N) is 2. The van der Waals surface area contributed by atoms with E-state index in [-0.39, 0.29) is 0 Å². The van der Waals surface area contributed by atoms with Crippen molar-refractivity contribution in [2.75, 3.05) is 0 Å². The quantitative estimate of drug-likeness (QED) is 0.246. The topological polar surface area (TPSA) is 71.5 Å². The van der Waals surface area contributed by atoms with Crippen LogP contribution in [0.4, 0.5) is 0 Å². The molecule has 196 valence electrons. The second kappa shape index (κ2) is 9.12. The van der Waals surface area contributed by atoms with E-state index in [9.17, 15) is 0 Å². The van der Waals surface area contributed by atoms with Crippen LogP contribution in [-0.2, 0) is 9.31 Å². The van der Waals surface area contributed by atoms with E-state index in [1.807, 2.05) is 84.9 Å². The van der Waals surface area contributed by atoms with Gasteiger partial charge in [0, 0.05) is 10.8 Å². The highest BCUT2D eigenvalue weighted by Gasteiger charge is 2.51. The maximum absolute atomic E-state index is 6.35. The lowest BCUT2D eigenvalue weighted by atomic mass is 9.78. The molecule has 1 aliphatic heterocycles. The first-order valence-electron chi connectivity index (χ1n) is 13.5. The van der Waals surface area contributed by atoms with Crippen LogP contribution in [0.25, 0.3) is 56.1 Å². The van der Waals surface area contributed by atoms with Gasteiger partial charge in [-0.15, -0.1) is 0 Å². The van der Waals surface area contributed by atoms with Crippen LogP contribution in [0.5, 0.6) is 0 Å². The van der Waals surface area contributed by atoms with Crippen LogP contribution in [0.1, 0.15) is 27.7 Å². The molecule has 1 fully saturated rings. The van der Waals surface area contributed by atoms with Gasteiger partial charge in [-0.2, -0.15) is 0 Å². The maximum Gasteiger partial charge on any atom is 0.494 e. The van der Waals surface area contributed by atoms with Gasteiger partial charge < -0.3 is 13.7 Å². The van der Waals surface area contributed by atoms with Gasteiger partial charge in [0.15, 0.2) is 0 Å². The third-order valence-corrected chi connectivity index (χ3v) is 8.05. The zero-order valence-corrected chi connectivity index (χ0v) is 22.9. The zero-order chi connectivity index (χ0) is 27.5. The van der Waals surface area contributed by atoms with Crippen LogP contribution in [0, 0.1) is 0 Å². The molecule has 0 radical (unpaired) electrons. The molecule has 2 aromatic heterocycles. The molecule has 6 aromatic rings. The Balaban J connectivity index is 1.43. The number of aromatic amines is 1. The molecule has 0 atom stereocenters. The molecule has 4 aromatic carbocycles. The third kappa shape index (κ3) is 4.10. The van der Waals surface area contributed by atoms with Gasteiger partial charge in [0.25, 0.3) is 11.6 Å². The summed E-state index contributed by atoms with van der Waals surface area (Å²) in [6.45, 7) is 8.26. The number of hydrogen-bond donors (Lipinski definition) is 0. The highest BCUT2D eigenvalue weighted by atomic mass is 16.7. The summed E-state index contributed by atoms with van der Waals surface area (Å²) in [6, 6.07) is 32.3. The second-order valence-electron chi connectivity index (χ2n) is 11.2. The van der Waals surface area contributed by atoms with Gasteiger partial charge in [-0.3, -0.25) is 0 Å². The lowest BCUT2D eigenvalue weighted by molar-refractivity contribution is -0.359. The standard InChI is InChI=1S/C33H28BN3O3/c1-32(2)33(3,4)40-34(39-32)23-18-19-26-25(20-23)28-24(16-11-17-27(28)38-26)31-36-29(21-12-7-5-8-13-21)35-30(37-31)22-14-9-6-10-15-22/h5-20H,1-4H3/p+1. The second-order valence-corrected chi connectivity index (χ2v) is 11.2. The Morgan fingerprint density at radius 2 is 1.25 bits per heavy atom. The minimum Gasteiger partial charge on any atom is -0.456 e. The predicted molar refractivity (Wildman–Crippen MR) is 158 cm³/mol. The zero-order valence-electron chi connectivity index (χ0n) is 22.9. The summed E-state index contributed by atoms with van der Waals surface area (Å²) in [7, 11) is -0.469. The lowest BCUT2D eigenvalue weighted by Crippen LogP contribution is -2.41. The van der Waals surface area contributed by atoms with E-state index in [0.717, 1.165) is 55.7 Å². The summed E-state index contributed by atoms with van der Waals surface area (Å²) in [5, 5.41) is 1.93. The summed E-state index contributed by atoms with van der Waals surface area (Å²) in [5.74, 6) is 2.10. The Labute approximate surface area is 233 Å². The molecule has 1 aliphatic rings. The largest absolute Gasteiger partial charge is 0.494 e. The molecular weight excluding hydrogens is 497 g/mol. The summed E-state index contributed by atoms with van der Waals surface area (Å²) >= 11 is 0. The first-order valence-corrected chi connectivity index (χ1v) is 13.5. The number of benzene rings is 4. The lowest BCUT2D eigenvalue weighted by Gasteiger charge is -2.32. The Kier molecular flexibility index (Phi) is 5.63. The van der Waals surface area contributed by atoms with Gasteiger partial charge in [-0.1, -0.05) is 64.6 Å². The molecule has 0 unspecified atom stereocenters. The minimum absolute atomic E-state index is 0.424. The van der Waals surface area contributed by atoms with Gasteiger partial charge in [-0.25, -0.2) is 4.98 Å². The van der Waals surface area contributed by atoms with E-state index in [0.29, 0.717) is 5.82 Å². The molecule has 7 rings (SSSR count). The molecule has 3 heterocycles. The van der Waals surface area contributed by atoms with Gasteiger partial charge in [0.05, 0.1) is 27.9 Å². The molecule has 7 heteroatoms. The number of furan rings is 1. The van der Waals surface area contributed by atoms with E-state index in [1.165, 1.54) is 0 Å². The van der Waals surface area contributed by atoms with Crippen molar-refractivity contribution in [2.45, 2.75) is 38.9 Å². The molecule has 1 N–H and O–H groups in total. The summed E-state index contributed by atoms with van der Waals surface area (Å²) in [5.41, 5.74) is 4.52. The number of hydrogen-bond acceptors (Lipinski definition) is 5. The number of aromatic nitrogens is 3. The van der Waals surface area contributed by atoms with Crippen molar-refractivity contribution in [1.29, 1.82) is 0 Å². The molecule has 0 amide bonds. The highest BCUT2D eigenvalue weighted by molar-refractivity contribution is 6.62. The number of H-pyrrole nitrogens is 1. The fourth-order valence-corrected chi connectivity index (χ4v) is 5.15. The molecule has 6 nitrogen and oxygen atoms in total. The van der Waals surface area contributed by atoms with Crippen molar-refractivity contribution in [2.24, 2.45) is 0 Å². The van der Waals surface area contributed by atoms with Crippen molar-refractivity contribution in [1.82, 2.24) is 9.97 Å². The normalized spacial score (nSPS) is 16.1. The minimum atomic E-state index is -0.469. The van der Waals surface area contributed by atoms with E-state index in [1.54, 1.807) is 0 Å². The SMILES string of the molecule is CC1(C)OB(c2ccc3oc4cccc(-c5nc(-c6ccccc6)[nH+]c(-c6ccccc6)n5)c4c3c2)OC1(C)C. The molecule has 40 heavy (non-hydrogen) atoms. The van der Waals surface area contributed by atoms with Crippen molar-refractivity contribution in [3.8, 4) is 34.2 Å². The van der Waals surface area contributed by atoms with Gasteiger partial charge >= 0.3 is 12.9 Å². The van der Waals surface area contributed by atoms with E-state index in [4.69, 9.17) is 23.7 Å². The highest BCUT2D eigenvalue weighted by Crippen LogP contribution is 2.38. The van der Waals surface area contributed by atoms with Gasteiger partial charge in [0.1, 0.15) is 11.2 Å². The third-order valence-electron chi connectivity index (χ3n) is 8.05. The van der Waals surface area contributed by atoms with Crippen LogP contribution < -0.4 is 10.4 Å². The molecule has 1 saturated heterocycles. The predicted octanol–water partition coefficient (Wildman–Crippen LogP) is 6.49. The summed E-state index contributed by atoms with van der Waals surface area (Å²) in [6.07, 6.45) is 0. The smallest absolute Gasteiger partial charge is 0.456 e. The van der Waals surface area contributed by atoms with Gasteiger partial charge in [-0.05, 0) is 75.6 Å². The number of nitrogens with one attached hydrogen (secondary N) is 1. The molecule has 0 saturated carbocycles. The van der Waals surface area contributed by atoms with Gasteiger partial charge in [0.2, 0.25) is 0 Å². The van der Waals surface area contributed by atoms with Crippen LogP contribution in [0.3, 0.4) is 0 Å². The van der Waals surface area contributed by atoms with Crippen molar-refractivity contribution < 1.29 is 18.7 Å². The number of rotatable bonds is 4. The number of fused-ring (bicyclic) bond motifs is 3. The van der Waals surface area contributed by atoms with Crippen LogP contribution >= 0.6 is 0 Å². The fraction of sp³-hybridized carbons (Fsp3) is 0.182. The Bertz CT molecular complexity index is 1790. The monoisotopic (exact) mass is 526 g/mol. The first kappa shape index (κ1) is 24.7. The Morgan fingerprint density at radius 3 is 1.85 bits per heavy atom. The van der Waals surface area contributed by atoms with E-state index in [2.05, 4.69) is 44.8 Å². The average molecular weight is 526 g/mol. The molecule has 0 bridgehead atoms. The van der Waals surface area contributed by atoms with Crippen molar-refractivity contribution >= 4 is 34.5 Å². The molecule has 0 aliphatic carbocycles. The molecular formula is C33H29BN3O3+. The Morgan fingerprint density at radius 1 is 0.650 bits per heavy atom. The van der Waals surface area contributed by atoms with Crippen molar-refractivity contribution in [3.63, 3.8) is 0 Å². The van der Waals surface area contributed by atoms with Crippen LogP contribution in [-0.4, -0.2) is 28.3 Å². The fourth-order valence-electron chi connectivity index (χ4n) is 5.15. The van der Waals surface area contributed by atoms with Crippen molar-refractivity contribution in [3.05, 3.63) is 97.1 Å². The summed E-state index contributed by atoms with van der Waals surface area (Å²) in [4.78, 5) is 13.5. The average Bonchev–Trinajstić information content (AvgIpc) is 3.45.